The number of rotatable bonds is 4. The van der Waals surface area contributed by atoms with E-state index in [1.165, 1.54) is 29.4 Å². The van der Waals surface area contributed by atoms with Gasteiger partial charge in [-0.25, -0.2) is 0 Å². The van der Waals surface area contributed by atoms with Crippen LogP contribution in [0.15, 0.2) is 0 Å². The Hall–Kier alpha value is -0.130. The van der Waals surface area contributed by atoms with Crippen LogP contribution in [0.25, 0.3) is 0 Å². The number of nitrogens with two attached hydrogens (primary N) is 1. The minimum absolute atomic E-state index is 0.675. The van der Waals surface area contributed by atoms with Crippen molar-refractivity contribution < 1.29 is 0 Å². The molecule has 1 aliphatic rings. The van der Waals surface area contributed by atoms with E-state index in [9.17, 15) is 0 Å². The van der Waals surface area contributed by atoms with E-state index in [2.05, 4.69) is 22.0 Å². The zero-order chi connectivity index (χ0) is 10.5. The number of nitrogens with zero attached hydrogens (tertiary/aromatic N) is 2. The van der Waals surface area contributed by atoms with E-state index in [0.717, 1.165) is 23.8 Å². The predicted molar refractivity (Wildman–Crippen MR) is 66.4 cm³/mol. The first-order chi connectivity index (χ1) is 7.38. The van der Waals surface area contributed by atoms with Crippen molar-refractivity contribution >= 4 is 23.1 Å². The summed E-state index contributed by atoms with van der Waals surface area (Å²) >= 11 is 3.82. The summed E-state index contributed by atoms with van der Waals surface area (Å²) in [5, 5.41) is 10.7. The highest BCUT2D eigenvalue weighted by Gasteiger charge is 2.16. The molecule has 2 N–H and O–H groups in total. The standard InChI is InChI=1S/C10H17N3S2/c11-4-1-9-12-13-10(15-9)7-8-2-5-14-6-3-8/h8H,1-7,11H2. The van der Waals surface area contributed by atoms with Crippen molar-refractivity contribution in [1.29, 1.82) is 0 Å². The maximum atomic E-state index is 5.49. The Kier molecular flexibility index (Phi) is 4.41. The summed E-state index contributed by atoms with van der Waals surface area (Å²) in [6, 6.07) is 0. The zero-order valence-electron chi connectivity index (χ0n) is 8.82. The van der Waals surface area contributed by atoms with E-state index < -0.39 is 0 Å². The van der Waals surface area contributed by atoms with Gasteiger partial charge in [-0.05, 0) is 36.8 Å². The van der Waals surface area contributed by atoms with Crippen molar-refractivity contribution in [3.05, 3.63) is 10.0 Å². The maximum absolute atomic E-state index is 5.49. The summed E-state index contributed by atoms with van der Waals surface area (Å²) in [4.78, 5) is 0. The van der Waals surface area contributed by atoms with Crippen LogP contribution < -0.4 is 5.73 Å². The van der Waals surface area contributed by atoms with Gasteiger partial charge in [-0.1, -0.05) is 0 Å². The van der Waals surface area contributed by atoms with Crippen molar-refractivity contribution in [2.75, 3.05) is 18.1 Å². The third-order valence-electron chi connectivity index (χ3n) is 2.67. The summed E-state index contributed by atoms with van der Waals surface area (Å²) in [6.45, 7) is 0.675. The summed E-state index contributed by atoms with van der Waals surface area (Å²) in [5.41, 5.74) is 5.49. The Balaban J connectivity index is 1.86. The second-order valence-corrected chi connectivity index (χ2v) is 6.26. The highest BCUT2D eigenvalue weighted by molar-refractivity contribution is 7.99. The van der Waals surface area contributed by atoms with Crippen LogP contribution in [0.1, 0.15) is 22.9 Å². The molecular formula is C10H17N3S2. The molecule has 1 saturated heterocycles. The molecule has 1 aromatic heterocycles. The van der Waals surface area contributed by atoms with Gasteiger partial charge in [0.2, 0.25) is 0 Å². The van der Waals surface area contributed by atoms with E-state index in [1.807, 2.05) is 0 Å². The van der Waals surface area contributed by atoms with Crippen molar-refractivity contribution in [1.82, 2.24) is 10.2 Å². The molecule has 1 fully saturated rings. The van der Waals surface area contributed by atoms with Crippen molar-refractivity contribution in [2.24, 2.45) is 11.7 Å². The van der Waals surface area contributed by atoms with Gasteiger partial charge in [0, 0.05) is 12.8 Å². The normalized spacial score (nSPS) is 18.2. The first-order valence-electron chi connectivity index (χ1n) is 5.47. The van der Waals surface area contributed by atoms with E-state index in [0.29, 0.717) is 6.54 Å². The molecule has 15 heavy (non-hydrogen) atoms. The highest BCUT2D eigenvalue weighted by Crippen LogP contribution is 2.26. The molecule has 0 atom stereocenters. The topological polar surface area (TPSA) is 51.8 Å². The van der Waals surface area contributed by atoms with Crippen molar-refractivity contribution in [2.45, 2.75) is 25.7 Å². The van der Waals surface area contributed by atoms with Crippen LogP contribution in [-0.2, 0) is 12.8 Å². The molecule has 3 nitrogen and oxygen atoms in total. The largest absolute Gasteiger partial charge is 0.330 e. The number of aromatic nitrogens is 2. The SMILES string of the molecule is NCCc1nnc(CC2CCSCC2)s1. The molecule has 1 aliphatic heterocycles. The Morgan fingerprint density at radius 2 is 1.93 bits per heavy atom. The fraction of sp³-hybridized carbons (Fsp3) is 0.800. The Labute approximate surface area is 98.9 Å². The fourth-order valence-electron chi connectivity index (χ4n) is 1.79. The molecular weight excluding hydrogens is 226 g/mol. The van der Waals surface area contributed by atoms with Crippen LogP contribution in [0, 0.1) is 5.92 Å². The molecule has 2 rings (SSSR count). The monoisotopic (exact) mass is 243 g/mol. The van der Waals surface area contributed by atoms with Crippen LogP contribution in [0.4, 0.5) is 0 Å². The van der Waals surface area contributed by atoms with Crippen molar-refractivity contribution in [3.63, 3.8) is 0 Å². The number of hydrogen-bond acceptors (Lipinski definition) is 5. The first-order valence-corrected chi connectivity index (χ1v) is 7.44. The lowest BCUT2D eigenvalue weighted by molar-refractivity contribution is 0.485. The molecule has 1 aromatic rings. The average molecular weight is 243 g/mol. The molecule has 2 heterocycles. The van der Waals surface area contributed by atoms with E-state index in [4.69, 9.17) is 5.73 Å². The fourth-order valence-corrected chi connectivity index (χ4v) is 3.97. The van der Waals surface area contributed by atoms with Crippen LogP contribution >= 0.6 is 23.1 Å². The summed E-state index contributed by atoms with van der Waals surface area (Å²) in [7, 11) is 0. The molecule has 0 spiro atoms. The number of hydrogen-bond donors (Lipinski definition) is 1. The van der Waals surface area contributed by atoms with Gasteiger partial charge >= 0.3 is 0 Å². The Morgan fingerprint density at radius 1 is 1.20 bits per heavy atom. The lowest BCUT2D eigenvalue weighted by Gasteiger charge is -2.19. The minimum atomic E-state index is 0.675. The first kappa shape index (κ1) is 11.4. The van der Waals surface area contributed by atoms with E-state index in [1.54, 1.807) is 11.3 Å². The molecule has 0 aromatic carbocycles. The minimum Gasteiger partial charge on any atom is -0.330 e. The lowest BCUT2D eigenvalue weighted by Crippen LogP contribution is -2.11. The molecule has 0 radical (unpaired) electrons. The molecule has 5 heteroatoms. The third-order valence-corrected chi connectivity index (χ3v) is 4.73. The quantitative estimate of drug-likeness (QED) is 0.875. The second-order valence-electron chi connectivity index (χ2n) is 3.89. The Morgan fingerprint density at radius 3 is 2.67 bits per heavy atom. The van der Waals surface area contributed by atoms with Crippen LogP contribution in [-0.4, -0.2) is 28.2 Å². The van der Waals surface area contributed by atoms with Gasteiger partial charge in [0.15, 0.2) is 0 Å². The van der Waals surface area contributed by atoms with Gasteiger partial charge in [-0.2, -0.15) is 11.8 Å². The zero-order valence-corrected chi connectivity index (χ0v) is 10.4. The van der Waals surface area contributed by atoms with Gasteiger partial charge in [-0.3, -0.25) is 0 Å². The van der Waals surface area contributed by atoms with Gasteiger partial charge in [-0.15, -0.1) is 21.5 Å². The average Bonchev–Trinajstić information content (AvgIpc) is 2.68. The molecule has 0 unspecified atom stereocenters. The van der Waals surface area contributed by atoms with Gasteiger partial charge in [0.05, 0.1) is 0 Å². The Bertz CT molecular complexity index is 295. The lowest BCUT2D eigenvalue weighted by atomic mass is 9.99. The molecule has 0 saturated carbocycles. The van der Waals surface area contributed by atoms with Crippen LogP contribution in [0.2, 0.25) is 0 Å². The summed E-state index contributed by atoms with van der Waals surface area (Å²) < 4.78 is 0. The summed E-state index contributed by atoms with van der Waals surface area (Å²) in [6.07, 6.45) is 4.69. The molecule has 0 aliphatic carbocycles. The van der Waals surface area contributed by atoms with E-state index >= 15 is 0 Å². The molecule has 0 bridgehead atoms. The van der Waals surface area contributed by atoms with Crippen LogP contribution in [0.3, 0.4) is 0 Å². The van der Waals surface area contributed by atoms with Gasteiger partial charge in [0.1, 0.15) is 10.0 Å². The van der Waals surface area contributed by atoms with E-state index in [-0.39, 0.29) is 0 Å². The number of thioether (sulfide) groups is 1. The second kappa shape index (κ2) is 5.82. The maximum Gasteiger partial charge on any atom is 0.118 e. The molecule has 84 valence electrons. The highest BCUT2D eigenvalue weighted by atomic mass is 32.2. The third kappa shape index (κ3) is 3.43. The molecule has 0 amide bonds. The summed E-state index contributed by atoms with van der Waals surface area (Å²) in [5.74, 6) is 3.48. The van der Waals surface area contributed by atoms with Crippen LogP contribution in [0.5, 0.6) is 0 Å². The van der Waals surface area contributed by atoms with Gasteiger partial charge in [0.25, 0.3) is 0 Å². The van der Waals surface area contributed by atoms with Crippen molar-refractivity contribution in [3.8, 4) is 0 Å². The predicted octanol–water partition coefficient (Wildman–Crippen LogP) is 1.72. The van der Waals surface area contributed by atoms with Gasteiger partial charge < -0.3 is 5.73 Å². The smallest absolute Gasteiger partial charge is 0.118 e.